The van der Waals surface area contributed by atoms with Crippen LogP contribution in [0.2, 0.25) is 0 Å². The van der Waals surface area contributed by atoms with Crippen LogP contribution in [0, 0.1) is 0 Å². The van der Waals surface area contributed by atoms with Gasteiger partial charge < -0.3 is 9.47 Å². The van der Waals surface area contributed by atoms with Crippen molar-refractivity contribution in [3.05, 3.63) is 29.8 Å². The van der Waals surface area contributed by atoms with Crippen molar-refractivity contribution >= 4 is 0 Å². The van der Waals surface area contributed by atoms with Crippen LogP contribution in [0.1, 0.15) is 25.5 Å². The third kappa shape index (κ3) is 3.48. The molecule has 0 saturated carbocycles. The minimum absolute atomic E-state index is 0.0569. The summed E-state index contributed by atoms with van der Waals surface area (Å²) in [6.07, 6.45) is 0.186. The predicted molar refractivity (Wildman–Crippen MR) is 64.1 cm³/mol. The molecule has 0 bridgehead atoms. The fraction of sp³-hybridized carbons (Fsp3) is 0.500. The average Bonchev–Trinajstić information content (AvgIpc) is 2.30. The molecule has 0 aliphatic rings. The zero-order valence-electron chi connectivity index (χ0n) is 10.1. The molecule has 0 heterocycles. The second-order valence-corrected chi connectivity index (χ2v) is 3.84. The van der Waals surface area contributed by atoms with E-state index in [0.29, 0.717) is 6.61 Å². The normalized spacial score (nSPS) is 12.8. The molecule has 0 amide bonds. The van der Waals surface area contributed by atoms with Gasteiger partial charge in [0.25, 0.3) is 0 Å². The molecule has 0 saturated heterocycles. The van der Waals surface area contributed by atoms with Crippen LogP contribution in [0.5, 0.6) is 5.75 Å². The molecule has 0 aromatic heterocycles. The number of nitrogens with one attached hydrogen (secondary N) is 1. The highest BCUT2D eigenvalue weighted by Crippen LogP contribution is 2.24. The van der Waals surface area contributed by atoms with Crippen LogP contribution in [0.3, 0.4) is 0 Å². The van der Waals surface area contributed by atoms with Crippen molar-refractivity contribution in [1.82, 2.24) is 5.43 Å². The van der Waals surface area contributed by atoms with Gasteiger partial charge >= 0.3 is 0 Å². The molecule has 16 heavy (non-hydrogen) atoms. The topological polar surface area (TPSA) is 56.5 Å². The highest BCUT2D eigenvalue weighted by molar-refractivity contribution is 5.35. The average molecular weight is 224 g/mol. The first-order chi connectivity index (χ1) is 7.69. The van der Waals surface area contributed by atoms with Crippen molar-refractivity contribution in [3.63, 3.8) is 0 Å². The van der Waals surface area contributed by atoms with Gasteiger partial charge in [0.05, 0.1) is 25.9 Å². The van der Waals surface area contributed by atoms with Crippen LogP contribution in [0.4, 0.5) is 0 Å². The molecule has 4 heteroatoms. The summed E-state index contributed by atoms with van der Waals surface area (Å²) in [5.74, 6) is 6.35. The summed E-state index contributed by atoms with van der Waals surface area (Å²) in [7, 11) is 1.65. The Labute approximate surface area is 96.7 Å². The van der Waals surface area contributed by atoms with E-state index in [1.165, 1.54) is 0 Å². The van der Waals surface area contributed by atoms with Crippen molar-refractivity contribution in [2.24, 2.45) is 5.84 Å². The largest absolute Gasteiger partial charge is 0.496 e. The Bertz CT molecular complexity index is 316. The standard InChI is InChI=1S/C12H20N2O2/c1-9(2)16-8-11(14-13)10-6-4-5-7-12(10)15-3/h4-7,9,11,14H,8,13H2,1-3H3. The summed E-state index contributed by atoms with van der Waals surface area (Å²) < 4.78 is 10.8. The maximum Gasteiger partial charge on any atom is 0.123 e. The highest BCUT2D eigenvalue weighted by atomic mass is 16.5. The molecule has 3 N–H and O–H groups in total. The number of ether oxygens (including phenoxy) is 2. The molecular weight excluding hydrogens is 204 g/mol. The molecule has 1 aromatic rings. The number of hydrazine groups is 1. The van der Waals surface area contributed by atoms with Crippen LogP contribution in [-0.2, 0) is 4.74 Å². The van der Waals surface area contributed by atoms with Gasteiger partial charge in [0, 0.05) is 5.56 Å². The molecule has 1 unspecified atom stereocenters. The van der Waals surface area contributed by atoms with E-state index < -0.39 is 0 Å². The van der Waals surface area contributed by atoms with Gasteiger partial charge in [0.15, 0.2) is 0 Å². The summed E-state index contributed by atoms with van der Waals surface area (Å²) in [6.45, 7) is 4.51. The molecule has 1 aromatic carbocycles. The Hall–Kier alpha value is -1.10. The van der Waals surface area contributed by atoms with Gasteiger partial charge in [0.2, 0.25) is 0 Å². The van der Waals surface area contributed by atoms with Gasteiger partial charge in [-0.05, 0) is 19.9 Å². The van der Waals surface area contributed by atoms with E-state index in [1.807, 2.05) is 38.1 Å². The molecule has 0 fully saturated rings. The van der Waals surface area contributed by atoms with Crippen LogP contribution >= 0.6 is 0 Å². The van der Waals surface area contributed by atoms with Crippen molar-refractivity contribution in [3.8, 4) is 5.75 Å². The van der Waals surface area contributed by atoms with Gasteiger partial charge in [-0.1, -0.05) is 18.2 Å². The number of benzene rings is 1. The first kappa shape index (κ1) is 13.0. The van der Waals surface area contributed by atoms with E-state index in [2.05, 4.69) is 5.43 Å². The molecule has 0 aliphatic carbocycles. The molecule has 1 rings (SSSR count). The van der Waals surface area contributed by atoms with Gasteiger partial charge in [-0.3, -0.25) is 11.3 Å². The SMILES string of the molecule is COc1ccccc1C(COC(C)C)NN. The molecule has 4 nitrogen and oxygen atoms in total. The maximum absolute atomic E-state index is 5.55. The van der Waals surface area contributed by atoms with Crippen LogP contribution in [0.25, 0.3) is 0 Å². The Morgan fingerprint density at radius 2 is 2.00 bits per heavy atom. The van der Waals surface area contributed by atoms with Crippen LogP contribution in [0.15, 0.2) is 24.3 Å². The van der Waals surface area contributed by atoms with Crippen molar-refractivity contribution in [2.75, 3.05) is 13.7 Å². The quantitative estimate of drug-likeness (QED) is 0.569. The van der Waals surface area contributed by atoms with E-state index in [9.17, 15) is 0 Å². The fourth-order valence-corrected chi connectivity index (χ4v) is 1.47. The molecule has 0 spiro atoms. The lowest BCUT2D eigenvalue weighted by molar-refractivity contribution is 0.0606. The number of methoxy groups -OCH3 is 1. The number of para-hydroxylation sites is 1. The van der Waals surface area contributed by atoms with Gasteiger partial charge in [0.1, 0.15) is 5.75 Å². The molecule has 90 valence electrons. The number of rotatable bonds is 6. The Morgan fingerprint density at radius 1 is 1.31 bits per heavy atom. The van der Waals surface area contributed by atoms with E-state index in [4.69, 9.17) is 15.3 Å². The first-order valence-corrected chi connectivity index (χ1v) is 5.39. The second kappa shape index (κ2) is 6.48. The van der Waals surface area contributed by atoms with E-state index in [0.717, 1.165) is 11.3 Å². The smallest absolute Gasteiger partial charge is 0.123 e. The van der Waals surface area contributed by atoms with Crippen molar-refractivity contribution in [1.29, 1.82) is 0 Å². The van der Waals surface area contributed by atoms with Crippen LogP contribution in [-0.4, -0.2) is 19.8 Å². The Kier molecular flexibility index (Phi) is 5.25. The van der Waals surface area contributed by atoms with Gasteiger partial charge in [-0.15, -0.1) is 0 Å². The van der Waals surface area contributed by atoms with E-state index in [-0.39, 0.29) is 12.1 Å². The summed E-state index contributed by atoms with van der Waals surface area (Å²) >= 11 is 0. The summed E-state index contributed by atoms with van der Waals surface area (Å²) in [4.78, 5) is 0. The maximum atomic E-state index is 5.55. The number of nitrogens with two attached hydrogens (primary N) is 1. The lowest BCUT2D eigenvalue weighted by Crippen LogP contribution is -2.32. The summed E-state index contributed by atoms with van der Waals surface area (Å²) in [5.41, 5.74) is 3.75. The third-order valence-electron chi connectivity index (χ3n) is 2.31. The Balaban J connectivity index is 2.77. The first-order valence-electron chi connectivity index (χ1n) is 5.39. The number of hydrogen-bond acceptors (Lipinski definition) is 4. The lowest BCUT2D eigenvalue weighted by atomic mass is 10.1. The molecule has 0 aliphatic heterocycles. The minimum Gasteiger partial charge on any atom is -0.496 e. The second-order valence-electron chi connectivity index (χ2n) is 3.84. The van der Waals surface area contributed by atoms with Gasteiger partial charge in [-0.2, -0.15) is 0 Å². The molecule has 0 radical (unpaired) electrons. The fourth-order valence-electron chi connectivity index (χ4n) is 1.47. The zero-order valence-corrected chi connectivity index (χ0v) is 10.1. The summed E-state index contributed by atoms with van der Waals surface area (Å²) in [6, 6.07) is 7.72. The minimum atomic E-state index is -0.0569. The monoisotopic (exact) mass is 224 g/mol. The van der Waals surface area contributed by atoms with Gasteiger partial charge in [-0.25, -0.2) is 0 Å². The Morgan fingerprint density at radius 3 is 2.56 bits per heavy atom. The van der Waals surface area contributed by atoms with Crippen molar-refractivity contribution in [2.45, 2.75) is 26.0 Å². The summed E-state index contributed by atoms with van der Waals surface area (Å²) in [5, 5.41) is 0. The van der Waals surface area contributed by atoms with Crippen molar-refractivity contribution < 1.29 is 9.47 Å². The number of hydrogen-bond donors (Lipinski definition) is 2. The molecular formula is C12H20N2O2. The zero-order chi connectivity index (χ0) is 12.0. The molecule has 1 atom stereocenters. The third-order valence-corrected chi connectivity index (χ3v) is 2.31. The van der Waals surface area contributed by atoms with E-state index >= 15 is 0 Å². The van der Waals surface area contributed by atoms with Crippen LogP contribution < -0.4 is 16.0 Å². The van der Waals surface area contributed by atoms with E-state index in [1.54, 1.807) is 7.11 Å². The predicted octanol–water partition coefficient (Wildman–Crippen LogP) is 1.62. The lowest BCUT2D eigenvalue weighted by Gasteiger charge is -2.20. The highest BCUT2D eigenvalue weighted by Gasteiger charge is 2.14.